The number of methoxy groups -OCH3 is 1. The fraction of sp³-hybridized carbons (Fsp3) is 0.611. The van der Waals surface area contributed by atoms with Crippen LogP contribution in [-0.4, -0.2) is 24.0 Å². The first-order chi connectivity index (χ1) is 10.1. The van der Waals surface area contributed by atoms with E-state index >= 15 is 0 Å². The zero-order valence-corrected chi connectivity index (χ0v) is 13.2. The van der Waals surface area contributed by atoms with Crippen molar-refractivity contribution < 1.29 is 9.53 Å². The summed E-state index contributed by atoms with van der Waals surface area (Å²) in [5.74, 6) is 2.77. The molecule has 114 valence electrons. The molecule has 1 aromatic rings. The topological polar surface area (TPSA) is 29.5 Å². The van der Waals surface area contributed by atoms with Crippen molar-refractivity contribution in [1.29, 1.82) is 0 Å². The Labute approximate surface area is 127 Å². The smallest absolute Gasteiger partial charge is 0.226 e. The van der Waals surface area contributed by atoms with Gasteiger partial charge in [0, 0.05) is 18.5 Å². The predicted molar refractivity (Wildman–Crippen MR) is 83.0 cm³/mol. The highest BCUT2D eigenvalue weighted by atomic mass is 16.5. The Bertz CT molecular complexity index is 506. The quantitative estimate of drug-likeness (QED) is 0.801. The second kappa shape index (κ2) is 5.70. The maximum atomic E-state index is 12.7. The van der Waals surface area contributed by atoms with Gasteiger partial charge in [-0.3, -0.25) is 4.79 Å². The highest BCUT2D eigenvalue weighted by molar-refractivity contribution is 5.82. The maximum absolute atomic E-state index is 12.7. The molecule has 1 aromatic carbocycles. The molecule has 2 saturated carbocycles. The minimum absolute atomic E-state index is 0.268. The lowest BCUT2D eigenvalue weighted by atomic mass is 10.1. The van der Waals surface area contributed by atoms with Crippen LogP contribution in [0.4, 0.5) is 0 Å². The van der Waals surface area contributed by atoms with Gasteiger partial charge in [0.05, 0.1) is 7.11 Å². The molecule has 2 aliphatic carbocycles. The number of benzene rings is 1. The minimum atomic E-state index is 0.268. The molecule has 0 aliphatic heterocycles. The van der Waals surface area contributed by atoms with Crippen LogP contribution in [0.2, 0.25) is 0 Å². The first kappa shape index (κ1) is 14.4. The van der Waals surface area contributed by atoms with Gasteiger partial charge in [-0.1, -0.05) is 19.1 Å². The number of carbonyl (C=O) groups excluding carboxylic acids is 1. The lowest BCUT2D eigenvalue weighted by molar-refractivity contribution is -0.136. The minimum Gasteiger partial charge on any atom is -0.497 e. The third-order valence-corrected chi connectivity index (χ3v) is 5.02. The fourth-order valence-corrected chi connectivity index (χ4v) is 3.06. The molecule has 2 fully saturated rings. The van der Waals surface area contributed by atoms with Gasteiger partial charge in [-0.05, 0) is 55.7 Å². The third-order valence-electron chi connectivity index (χ3n) is 5.02. The van der Waals surface area contributed by atoms with Crippen molar-refractivity contribution in [3.8, 4) is 5.75 Å². The van der Waals surface area contributed by atoms with E-state index in [2.05, 4.69) is 30.9 Å². The van der Waals surface area contributed by atoms with Crippen molar-refractivity contribution in [1.82, 2.24) is 4.90 Å². The van der Waals surface area contributed by atoms with E-state index in [0.29, 0.717) is 23.8 Å². The summed E-state index contributed by atoms with van der Waals surface area (Å²) in [5, 5.41) is 0. The average molecular weight is 287 g/mol. The van der Waals surface area contributed by atoms with Gasteiger partial charge in [0.25, 0.3) is 0 Å². The van der Waals surface area contributed by atoms with Gasteiger partial charge in [0.2, 0.25) is 5.91 Å². The normalized spacial score (nSPS) is 25.3. The molecule has 3 heteroatoms. The van der Waals surface area contributed by atoms with Crippen molar-refractivity contribution in [2.75, 3.05) is 7.11 Å². The van der Waals surface area contributed by atoms with Gasteiger partial charge in [0.15, 0.2) is 0 Å². The zero-order valence-electron chi connectivity index (χ0n) is 13.2. The summed E-state index contributed by atoms with van der Waals surface area (Å²) < 4.78 is 5.20. The molecule has 0 bridgehead atoms. The van der Waals surface area contributed by atoms with Crippen LogP contribution in [-0.2, 0) is 11.3 Å². The molecule has 21 heavy (non-hydrogen) atoms. The summed E-state index contributed by atoms with van der Waals surface area (Å²) in [7, 11) is 1.68. The van der Waals surface area contributed by atoms with Crippen molar-refractivity contribution >= 4 is 5.91 Å². The van der Waals surface area contributed by atoms with Gasteiger partial charge in [-0.15, -0.1) is 0 Å². The highest BCUT2D eigenvalue weighted by Crippen LogP contribution is 2.42. The van der Waals surface area contributed by atoms with E-state index in [0.717, 1.165) is 18.7 Å². The van der Waals surface area contributed by atoms with Crippen LogP contribution < -0.4 is 4.74 Å². The second-order valence-corrected chi connectivity index (χ2v) is 6.71. The summed E-state index contributed by atoms with van der Waals surface area (Å²) in [6.07, 6.45) is 3.61. The van der Waals surface area contributed by atoms with Crippen LogP contribution in [0.3, 0.4) is 0 Å². The zero-order chi connectivity index (χ0) is 15.0. The van der Waals surface area contributed by atoms with Crippen molar-refractivity contribution in [2.24, 2.45) is 17.8 Å². The molecular formula is C18H25NO2. The molecule has 0 N–H and O–H groups in total. The molecule has 0 heterocycles. The van der Waals surface area contributed by atoms with Crippen LogP contribution >= 0.6 is 0 Å². The van der Waals surface area contributed by atoms with Gasteiger partial charge in [-0.2, -0.15) is 0 Å². The van der Waals surface area contributed by atoms with Gasteiger partial charge in [-0.25, -0.2) is 0 Å². The Morgan fingerprint density at radius 1 is 1.33 bits per heavy atom. The van der Waals surface area contributed by atoms with E-state index in [1.165, 1.54) is 18.4 Å². The van der Waals surface area contributed by atoms with E-state index in [1.54, 1.807) is 7.11 Å². The standard InChI is InChI=1S/C18H25NO2/c1-12-10-17(12)18(20)19(13(2)15-6-7-15)11-14-4-8-16(21-3)9-5-14/h4-5,8-9,12-13,15,17H,6-7,10-11H2,1-3H3. The summed E-state index contributed by atoms with van der Waals surface area (Å²) in [4.78, 5) is 14.8. The van der Waals surface area contributed by atoms with Crippen LogP contribution in [0, 0.1) is 17.8 Å². The Morgan fingerprint density at radius 3 is 2.43 bits per heavy atom. The first-order valence-corrected chi connectivity index (χ1v) is 8.03. The Hall–Kier alpha value is -1.51. The Balaban J connectivity index is 1.72. The highest BCUT2D eigenvalue weighted by Gasteiger charge is 2.44. The van der Waals surface area contributed by atoms with E-state index < -0.39 is 0 Å². The lowest BCUT2D eigenvalue weighted by Gasteiger charge is -2.30. The molecule has 0 radical (unpaired) electrons. The molecule has 3 unspecified atom stereocenters. The van der Waals surface area contributed by atoms with Crippen LogP contribution in [0.5, 0.6) is 5.75 Å². The van der Waals surface area contributed by atoms with Gasteiger partial charge in [0.1, 0.15) is 5.75 Å². The number of hydrogen-bond donors (Lipinski definition) is 0. The number of nitrogens with zero attached hydrogens (tertiary/aromatic N) is 1. The van der Waals surface area contributed by atoms with E-state index in [9.17, 15) is 4.79 Å². The first-order valence-electron chi connectivity index (χ1n) is 8.03. The van der Waals surface area contributed by atoms with Crippen molar-refractivity contribution in [2.45, 2.75) is 45.7 Å². The Morgan fingerprint density at radius 2 is 1.95 bits per heavy atom. The lowest BCUT2D eigenvalue weighted by Crippen LogP contribution is -2.40. The van der Waals surface area contributed by atoms with E-state index in [-0.39, 0.29) is 5.92 Å². The molecule has 0 saturated heterocycles. The van der Waals surface area contributed by atoms with Crippen LogP contribution in [0.1, 0.15) is 38.7 Å². The Kier molecular flexibility index (Phi) is 3.92. The second-order valence-electron chi connectivity index (χ2n) is 6.71. The molecule has 3 atom stereocenters. The fourth-order valence-electron chi connectivity index (χ4n) is 3.06. The molecule has 1 amide bonds. The summed E-state index contributed by atoms with van der Waals surface area (Å²) in [6.45, 7) is 5.12. The third kappa shape index (κ3) is 3.22. The van der Waals surface area contributed by atoms with Crippen molar-refractivity contribution in [3.05, 3.63) is 29.8 Å². The average Bonchev–Trinajstić information content (AvgIpc) is 3.39. The number of amides is 1. The van der Waals surface area contributed by atoms with Gasteiger partial charge >= 0.3 is 0 Å². The van der Waals surface area contributed by atoms with Crippen LogP contribution in [0.15, 0.2) is 24.3 Å². The molecule has 3 rings (SSSR count). The number of carbonyl (C=O) groups is 1. The summed E-state index contributed by atoms with van der Waals surface area (Å²) in [5.41, 5.74) is 1.19. The van der Waals surface area contributed by atoms with Crippen molar-refractivity contribution in [3.63, 3.8) is 0 Å². The molecule has 0 aromatic heterocycles. The maximum Gasteiger partial charge on any atom is 0.226 e. The largest absolute Gasteiger partial charge is 0.497 e. The molecular weight excluding hydrogens is 262 g/mol. The van der Waals surface area contributed by atoms with E-state index in [1.807, 2.05) is 12.1 Å². The van der Waals surface area contributed by atoms with Gasteiger partial charge < -0.3 is 9.64 Å². The summed E-state index contributed by atoms with van der Waals surface area (Å²) in [6, 6.07) is 8.44. The predicted octanol–water partition coefficient (Wildman–Crippen LogP) is 3.48. The number of ether oxygens (including phenoxy) is 1. The monoisotopic (exact) mass is 287 g/mol. The van der Waals surface area contributed by atoms with E-state index in [4.69, 9.17) is 4.74 Å². The SMILES string of the molecule is COc1ccc(CN(C(=O)C2CC2C)C(C)C2CC2)cc1. The molecule has 2 aliphatic rings. The molecule has 0 spiro atoms. The number of rotatable bonds is 6. The molecule has 3 nitrogen and oxygen atoms in total. The van der Waals surface area contributed by atoms with Crippen LogP contribution in [0.25, 0.3) is 0 Å². The summed E-state index contributed by atoms with van der Waals surface area (Å²) >= 11 is 0. The number of hydrogen-bond acceptors (Lipinski definition) is 2.